The van der Waals surface area contributed by atoms with Crippen molar-refractivity contribution >= 4 is 0 Å². The second-order valence-corrected chi connectivity index (χ2v) is 6.56. The number of aromatic amines is 1. The number of hydrogen-bond acceptors (Lipinski definition) is 6. The molecule has 0 unspecified atom stereocenters. The quantitative estimate of drug-likeness (QED) is 0.888. The summed E-state index contributed by atoms with van der Waals surface area (Å²) in [6, 6.07) is 4.27. The van der Waals surface area contributed by atoms with E-state index in [1.807, 2.05) is 12.1 Å². The first-order valence-electron chi connectivity index (χ1n) is 8.60. The zero-order valence-corrected chi connectivity index (χ0v) is 13.7. The highest BCUT2D eigenvalue weighted by Gasteiger charge is 2.38. The monoisotopic (exact) mass is 329 g/mol. The normalized spacial score (nSPS) is 23.4. The van der Waals surface area contributed by atoms with Crippen LogP contribution in [0.3, 0.4) is 0 Å². The fourth-order valence-corrected chi connectivity index (χ4v) is 3.54. The van der Waals surface area contributed by atoms with Gasteiger partial charge in [0.15, 0.2) is 5.82 Å². The molecule has 1 spiro atoms. The SMILES string of the molecule is c1cc(-c2n[nH]c(CN[C@@H]3CCOC4(CCOCC4)C3)n2)ccn1. The summed E-state index contributed by atoms with van der Waals surface area (Å²) in [5, 5.41) is 10.9. The first-order valence-corrected chi connectivity index (χ1v) is 8.60. The second kappa shape index (κ2) is 6.96. The first kappa shape index (κ1) is 15.7. The molecule has 1 atom stereocenters. The van der Waals surface area contributed by atoms with E-state index >= 15 is 0 Å². The van der Waals surface area contributed by atoms with Gasteiger partial charge in [0.25, 0.3) is 0 Å². The summed E-state index contributed by atoms with van der Waals surface area (Å²) < 4.78 is 11.6. The predicted octanol–water partition coefficient (Wildman–Crippen LogP) is 1.68. The van der Waals surface area contributed by atoms with E-state index in [2.05, 4.69) is 25.5 Å². The van der Waals surface area contributed by atoms with Crippen LogP contribution in [0.1, 0.15) is 31.5 Å². The highest BCUT2D eigenvalue weighted by atomic mass is 16.5. The number of pyridine rings is 1. The Morgan fingerprint density at radius 1 is 1.21 bits per heavy atom. The van der Waals surface area contributed by atoms with Crippen molar-refractivity contribution < 1.29 is 9.47 Å². The summed E-state index contributed by atoms with van der Waals surface area (Å²) in [5.41, 5.74) is 0.984. The zero-order chi connectivity index (χ0) is 16.2. The van der Waals surface area contributed by atoms with Gasteiger partial charge in [-0.15, -0.1) is 0 Å². The predicted molar refractivity (Wildman–Crippen MR) is 88.2 cm³/mol. The summed E-state index contributed by atoms with van der Waals surface area (Å²) >= 11 is 0. The van der Waals surface area contributed by atoms with Crippen molar-refractivity contribution in [1.82, 2.24) is 25.5 Å². The number of nitrogens with zero attached hydrogens (tertiary/aromatic N) is 3. The minimum Gasteiger partial charge on any atom is -0.381 e. The molecule has 0 bridgehead atoms. The zero-order valence-electron chi connectivity index (χ0n) is 13.7. The molecule has 0 amide bonds. The first-order chi connectivity index (χ1) is 11.8. The van der Waals surface area contributed by atoms with Crippen LogP contribution in [0.4, 0.5) is 0 Å². The maximum Gasteiger partial charge on any atom is 0.181 e. The third kappa shape index (κ3) is 3.48. The van der Waals surface area contributed by atoms with Crippen LogP contribution in [0.2, 0.25) is 0 Å². The van der Waals surface area contributed by atoms with Crippen molar-refractivity contribution in [3.05, 3.63) is 30.4 Å². The number of ether oxygens (including phenoxy) is 2. The lowest BCUT2D eigenvalue weighted by Gasteiger charge is -2.43. The van der Waals surface area contributed by atoms with Crippen LogP contribution in [-0.2, 0) is 16.0 Å². The summed E-state index contributed by atoms with van der Waals surface area (Å²) in [6.45, 7) is 3.12. The summed E-state index contributed by atoms with van der Waals surface area (Å²) in [5.74, 6) is 1.57. The summed E-state index contributed by atoms with van der Waals surface area (Å²) in [7, 11) is 0. The summed E-state index contributed by atoms with van der Waals surface area (Å²) in [6.07, 6.45) is 7.58. The molecule has 7 heteroatoms. The number of nitrogens with one attached hydrogen (secondary N) is 2. The Morgan fingerprint density at radius 2 is 2.04 bits per heavy atom. The molecule has 2 aromatic rings. The number of hydrogen-bond donors (Lipinski definition) is 2. The largest absolute Gasteiger partial charge is 0.381 e. The lowest BCUT2D eigenvalue weighted by atomic mass is 9.84. The van der Waals surface area contributed by atoms with Crippen LogP contribution in [0, 0.1) is 0 Å². The van der Waals surface area contributed by atoms with Crippen molar-refractivity contribution in [2.75, 3.05) is 19.8 Å². The molecule has 0 aromatic carbocycles. The van der Waals surface area contributed by atoms with E-state index in [9.17, 15) is 0 Å². The van der Waals surface area contributed by atoms with Gasteiger partial charge in [0, 0.05) is 43.8 Å². The third-order valence-corrected chi connectivity index (χ3v) is 4.93. The topological polar surface area (TPSA) is 85.0 Å². The molecule has 128 valence electrons. The lowest BCUT2D eigenvalue weighted by molar-refractivity contribution is -0.140. The molecule has 2 fully saturated rings. The molecule has 24 heavy (non-hydrogen) atoms. The standard InChI is InChI=1S/C17H23N5O2/c1-6-18-7-2-13(1)16-20-15(21-22-16)12-19-14-3-8-24-17(11-14)4-9-23-10-5-17/h1-2,6-7,14,19H,3-5,8-12H2,(H,20,21,22)/t14-/m1/s1. The molecule has 0 aliphatic carbocycles. The molecule has 0 radical (unpaired) electrons. The Labute approximate surface area is 141 Å². The van der Waals surface area contributed by atoms with Crippen LogP contribution in [0.15, 0.2) is 24.5 Å². The van der Waals surface area contributed by atoms with Gasteiger partial charge in [-0.2, -0.15) is 5.10 Å². The molecular weight excluding hydrogens is 306 g/mol. The Kier molecular flexibility index (Phi) is 4.55. The van der Waals surface area contributed by atoms with Gasteiger partial charge in [-0.1, -0.05) is 0 Å². The molecule has 0 saturated carbocycles. The van der Waals surface area contributed by atoms with Gasteiger partial charge in [-0.05, 0) is 37.8 Å². The maximum absolute atomic E-state index is 6.09. The third-order valence-electron chi connectivity index (χ3n) is 4.93. The molecular formula is C17H23N5O2. The number of aromatic nitrogens is 4. The van der Waals surface area contributed by atoms with Gasteiger partial charge in [-0.25, -0.2) is 4.98 Å². The second-order valence-electron chi connectivity index (χ2n) is 6.56. The smallest absolute Gasteiger partial charge is 0.181 e. The van der Waals surface area contributed by atoms with Crippen LogP contribution in [-0.4, -0.2) is 51.6 Å². The minimum atomic E-state index is 0.0117. The van der Waals surface area contributed by atoms with Crippen molar-refractivity contribution in [1.29, 1.82) is 0 Å². The average molecular weight is 329 g/mol. The van der Waals surface area contributed by atoms with E-state index in [1.54, 1.807) is 12.4 Å². The van der Waals surface area contributed by atoms with Crippen LogP contribution >= 0.6 is 0 Å². The van der Waals surface area contributed by atoms with E-state index in [1.165, 1.54) is 0 Å². The van der Waals surface area contributed by atoms with Crippen LogP contribution in [0.25, 0.3) is 11.4 Å². The van der Waals surface area contributed by atoms with Crippen molar-refractivity contribution in [3.63, 3.8) is 0 Å². The average Bonchev–Trinajstić information content (AvgIpc) is 3.11. The van der Waals surface area contributed by atoms with E-state index in [-0.39, 0.29) is 5.60 Å². The van der Waals surface area contributed by atoms with E-state index in [0.29, 0.717) is 18.4 Å². The van der Waals surface area contributed by atoms with Gasteiger partial charge in [0.05, 0.1) is 12.1 Å². The van der Waals surface area contributed by atoms with Gasteiger partial charge in [-0.3, -0.25) is 10.1 Å². The van der Waals surface area contributed by atoms with Gasteiger partial charge >= 0.3 is 0 Å². The highest BCUT2D eigenvalue weighted by Crippen LogP contribution is 2.34. The minimum absolute atomic E-state index is 0.0117. The van der Waals surface area contributed by atoms with Crippen molar-refractivity contribution in [2.24, 2.45) is 0 Å². The molecule has 4 heterocycles. The van der Waals surface area contributed by atoms with Crippen LogP contribution in [0.5, 0.6) is 0 Å². The summed E-state index contributed by atoms with van der Waals surface area (Å²) in [4.78, 5) is 8.58. The Bertz CT molecular complexity index is 649. The molecule has 2 aromatic heterocycles. The fraction of sp³-hybridized carbons (Fsp3) is 0.588. The Hall–Kier alpha value is -1.83. The van der Waals surface area contributed by atoms with Gasteiger partial charge in [0.1, 0.15) is 5.82 Å². The Morgan fingerprint density at radius 3 is 2.88 bits per heavy atom. The van der Waals surface area contributed by atoms with Crippen molar-refractivity contribution in [3.8, 4) is 11.4 Å². The van der Waals surface area contributed by atoms with Gasteiger partial charge in [0.2, 0.25) is 0 Å². The molecule has 2 aliphatic heterocycles. The van der Waals surface area contributed by atoms with E-state index in [4.69, 9.17) is 9.47 Å². The molecule has 2 N–H and O–H groups in total. The molecule has 4 rings (SSSR count). The molecule has 2 aliphatic rings. The maximum atomic E-state index is 6.09. The lowest BCUT2D eigenvalue weighted by Crippen LogP contribution is -2.49. The fourth-order valence-electron chi connectivity index (χ4n) is 3.54. The molecule has 7 nitrogen and oxygen atoms in total. The molecule has 2 saturated heterocycles. The van der Waals surface area contributed by atoms with Gasteiger partial charge < -0.3 is 14.8 Å². The Balaban J connectivity index is 1.34. The van der Waals surface area contributed by atoms with Crippen LogP contribution < -0.4 is 5.32 Å². The highest BCUT2D eigenvalue weighted by molar-refractivity contribution is 5.52. The van der Waals surface area contributed by atoms with E-state index in [0.717, 1.165) is 56.9 Å². The number of rotatable bonds is 4. The van der Waals surface area contributed by atoms with Crippen molar-refractivity contribution in [2.45, 2.75) is 43.9 Å². The van der Waals surface area contributed by atoms with E-state index < -0.39 is 0 Å². The number of H-pyrrole nitrogens is 1.